The lowest BCUT2D eigenvalue weighted by Gasteiger charge is -2.30. The van der Waals surface area contributed by atoms with Gasteiger partial charge in [0.15, 0.2) is 0 Å². The Morgan fingerprint density at radius 2 is 2.00 bits per heavy atom. The average molecular weight is 428 g/mol. The highest BCUT2D eigenvalue weighted by atomic mass is 32.2. The molecule has 0 saturated heterocycles. The number of fused-ring (bicyclic) bond motifs is 1. The van der Waals surface area contributed by atoms with Crippen molar-refractivity contribution in [3.63, 3.8) is 0 Å². The Balaban J connectivity index is 1.81. The topological polar surface area (TPSA) is 50.0 Å². The van der Waals surface area contributed by atoms with Crippen LogP contribution in [0.1, 0.15) is 44.2 Å². The van der Waals surface area contributed by atoms with E-state index in [1.807, 2.05) is 24.3 Å². The van der Waals surface area contributed by atoms with Gasteiger partial charge in [-0.3, -0.25) is 0 Å². The molecule has 2 aromatic carbocycles. The number of nitrogens with one attached hydrogen (secondary N) is 1. The maximum absolute atomic E-state index is 12.7. The van der Waals surface area contributed by atoms with Crippen LogP contribution in [-0.4, -0.2) is 16.9 Å². The predicted octanol–water partition coefficient (Wildman–Crippen LogP) is 6.98. The van der Waals surface area contributed by atoms with Crippen LogP contribution in [0.5, 0.6) is 5.75 Å². The molecule has 1 saturated carbocycles. The quantitative estimate of drug-likeness (QED) is 0.311. The lowest BCUT2D eigenvalue weighted by atomic mass is 9.92. The van der Waals surface area contributed by atoms with Crippen molar-refractivity contribution >= 4 is 28.5 Å². The zero-order valence-corrected chi connectivity index (χ0v) is 17.5. The maximum atomic E-state index is 12.7. The van der Waals surface area contributed by atoms with Crippen molar-refractivity contribution < 1.29 is 13.5 Å². The highest BCUT2D eigenvalue weighted by Gasteiger charge is 2.28. The van der Waals surface area contributed by atoms with Crippen LogP contribution in [0.4, 0.5) is 14.5 Å². The molecule has 0 atom stereocenters. The van der Waals surface area contributed by atoms with Crippen LogP contribution in [0, 0.1) is 11.3 Å². The predicted molar refractivity (Wildman–Crippen MR) is 118 cm³/mol. The van der Waals surface area contributed by atoms with Gasteiger partial charge in [-0.15, -0.1) is 0 Å². The van der Waals surface area contributed by atoms with Crippen LogP contribution in [0.2, 0.25) is 0 Å². The molecule has 0 radical (unpaired) electrons. The number of anilines is 1. The minimum Gasteiger partial charge on any atom is -0.435 e. The number of hydrogen-bond donors (Lipinski definition) is 1. The van der Waals surface area contributed by atoms with Crippen molar-refractivity contribution in [2.45, 2.75) is 45.3 Å². The Kier molecular flexibility index (Phi) is 6.14. The number of alkyl halides is 2. The molecular weight excluding hydrogens is 404 g/mol. The summed E-state index contributed by atoms with van der Waals surface area (Å²) in [5, 5.41) is 10.7. The van der Waals surface area contributed by atoms with Gasteiger partial charge in [0.25, 0.3) is 0 Å². The SMILES string of the molecule is CCCSNc1ccc(-c2c(C#N)c3ccc(OC(F)F)cc3n2C2CCC2)cc1. The van der Waals surface area contributed by atoms with E-state index in [9.17, 15) is 14.0 Å². The summed E-state index contributed by atoms with van der Waals surface area (Å²) in [6.45, 7) is -0.742. The fraction of sp³-hybridized carbons (Fsp3) is 0.348. The first-order valence-electron chi connectivity index (χ1n) is 10.1. The Labute approximate surface area is 179 Å². The number of nitrogens with zero attached hydrogens (tertiary/aromatic N) is 2. The Bertz CT molecular complexity index is 1070. The van der Waals surface area contributed by atoms with E-state index in [2.05, 4.69) is 27.0 Å². The molecule has 4 nitrogen and oxygen atoms in total. The van der Waals surface area contributed by atoms with Gasteiger partial charge in [-0.25, -0.2) is 0 Å². The van der Waals surface area contributed by atoms with Gasteiger partial charge >= 0.3 is 6.61 Å². The summed E-state index contributed by atoms with van der Waals surface area (Å²) < 4.78 is 35.5. The summed E-state index contributed by atoms with van der Waals surface area (Å²) in [6.07, 6.45) is 4.24. The molecule has 0 bridgehead atoms. The van der Waals surface area contributed by atoms with E-state index < -0.39 is 6.61 Å². The number of nitriles is 1. The number of rotatable bonds is 8. The average Bonchev–Trinajstić information content (AvgIpc) is 3.00. The first kappa shape index (κ1) is 20.5. The second kappa shape index (κ2) is 8.97. The minimum absolute atomic E-state index is 0.110. The number of aromatic nitrogens is 1. The number of ether oxygens (including phenoxy) is 1. The van der Waals surface area contributed by atoms with E-state index in [-0.39, 0.29) is 11.8 Å². The van der Waals surface area contributed by atoms with Crippen molar-refractivity contribution in [3.05, 3.63) is 48.0 Å². The van der Waals surface area contributed by atoms with Crippen LogP contribution in [0.15, 0.2) is 42.5 Å². The van der Waals surface area contributed by atoms with Gasteiger partial charge < -0.3 is 14.0 Å². The molecule has 3 aromatic rings. The van der Waals surface area contributed by atoms with E-state index in [1.54, 1.807) is 24.1 Å². The summed E-state index contributed by atoms with van der Waals surface area (Å²) in [5.74, 6) is 1.14. The van der Waals surface area contributed by atoms with Crippen LogP contribution < -0.4 is 9.46 Å². The van der Waals surface area contributed by atoms with Gasteiger partial charge in [-0.2, -0.15) is 14.0 Å². The number of halogens is 2. The molecule has 1 aliphatic carbocycles. The van der Waals surface area contributed by atoms with E-state index in [0.29, 0.717) is 5.56 Å². The molecule has 1 aliphatic rings. The summed E-state index contributed by atoms with van der Waals surface area (Å²) in [5.41, 5.74) is 4.14. The van der Waals surface area contributed by atoms with Gasteiger partial charge in [0, 0.05) is 28.9 Å². The smallest absolute Gasteiger partial charge is 0.387 e. The van der Waals surface area contributed by atoms with Crippen molar-refractivity contribution in [3.8, 4) is 23.1 Å². The maximum Gasteiger partial charge on any atom is 0.387 e. The molecule has 0 amide bonds. The molecule has 0 unspecified atom stereocenters. The van der Waals surface area contributed by atoms with Gasteiger partial charge in [0.2, 0.25) is 0 Å². The number of hydrogen-bond acceptors (Lipinski definition) is 4. The monoisotopic (exact) mass is 427 g/mol. The first-order chi connectivity index (χ1) is 14.6. The van der Waals surface area contributed by atoms with E-state index in [1.165, 1.54) is 6.07 Å². The van der Waals surface area contributed by atoms with Crippen molar-refractivity contribution in [1.29, 1.82) is 5.26 Å². The standard InChI is InChI=1S/C23H23F2N3OS/c1-2-12-30-27-16-8-6-15(7-9-16)22-20(14-26)19-11-10-18(29-23(24)25)13-21(19)28(22)17-4-3-5-17/h6-11,13,17,23,27H,2-5,12H2,1H3. The highest BCUT2D eigenvalue weighted by molar-refractivity contribution is 8.00. The molecule has 0 spiro atoms. The summed E-state index contributed by atoms with van der Waals surface area (Å²) >= 11 is 1.66. The molecule has 1 fully saturated rings. The second-order valence-corrected chi connectivity index (χ2v) is 8.28. The largest absolute Gasteiger partial charge is 0.435 e. The molecule has 0 aliphatic heterocycles. The Hall–Kier alpha value is -2.72. The first-order valence-corrected chi connectivity index (χ1v) is 11.1. The van der Waals surface area contributed by atoms with Crippen molar-refractivity contribution in [1.82, 2.24) is 4.57 Å². The van der Waals surface area contributed by atoms with Gasteiger partial charge in [0.1, 0.15) is 11.8 Å². The highest BCUT2D eigenvalue weighted by Crippen LogP contribution is 2.43. The van der Waals surface area contributed by atoms with Crippen LogP contribution in [-0.2, 0) is 0 Å². The lowest BCUT2D eigenvalue weighted by Crippen LogP contribution is -2.17. The second-order valence-electron chi connectivity index (χ2n) is 7.38. The fourth-order valence-corrected chi connectivity index (χ4v) is 4.43. The van der Waals surface area contributed by atoms with Gasteiger partial charge in [0.05, 0.1) is 16.8 Å². The molecule has 4 rings (SSSR count). The summed E-state index contributed by atoms with van der Waals surface area (Å²) in [7, 11) is 0. The normalized spacial score (nSPS) is 14.0. The van der Waals surface area contributed by atoms with E-state index in [0.717, 1.165) is 59.3 Å². The van der Waals surface area contributed by atoms with E-state index >= 15 is 0 Å². The molecule has 7 heteroatoms. The molecule has 1 aromatic heterocycles. The Morgan fingerprint density at radius 1 is 1.23 bits per heavy atom. The molecule has 1 N–H and O–H groups in total. The number of benzene rings is 2. The zero-order chi connectivity index (χ0) is 21.1. The summed E-state index contributed by atoms with van der Waals surface area (Å²) in [6, 6.07) is 15.5. The fourth-order valence-electron chi connectivity index (χ4n) is 3.82. The van der Waals surface area contributed by atoms with Gasteiger partial charge in [-0.05, 0) is 55.5 Å². The van der Waals surface area contributed by atoms with Crippen LogP contribution >= 0.6 is 11.9 Å². The zero-order valence-electron chi connectivity index (χ0n) is 16.7. The van der Waals surface area contributed by atoms with Crippen LogP contribution in [0.3, 0.4) is 0 Å². The molecule has 1 heterocycles. The van der Waals surface area contributed by atoms with E-state index in [4.69, 9.17) is 0 Å². The minimum atomic E-state index is -2.88. The Morgan fingerprint density at radius 3 is 2.60 bits per heavy atom. The summed E-state index contributed by atoms with van der Waals surface area (Å²) in [4.78, 5) is 0. The molecular formula is C23H23F2N3OS. The van der Waals surface area contributed by atoms with Crippen LogP contribution in [0.25, 0.3) is 22.2 Å². The lowest BCUT2D eigenvalue weighted by molar-refractivity contribution is -0.0497. The third-order valence-corrected chi connectivity index (χ3v) is 6.40. The molecule has 156 valence electrons. The van der Waals surface area contributed by atoms with Crippen molar-refractivity contribution in [2.24, 2.45) is 0 Å². The third-order valence-electron chi connectivity index (χ3n) is 5.41. The molecule has 30 heavy (non-hydrogen) atoms. The third kappa shape index (κ3) is 3.97. The van der Waals surface area contributed by atoms with Crippen molar-refractivity contribution in [2.75, 3.05) is 10.5 Å². The van der Waals surface area contributed by atoms with Gasteiger partial charge in [-0.1, -0.05) is 31.0 Å².